The third-order valence-electron chi connectivity index (χ3n) is 16.0. The second-order valence-corrected chi connectivity index (χ2v) is 24.1. The lowest BCUT2D eigenvalue weighted by atomic mass is 9.94. The first kappa shape index (κ1) is 68.2. The minimum Gasteiger partial charge on any atom is -0.508 e. The molecule has 0 spiro atoms. The van der Waals surface area contributed by atoms with Crippen molar-refractivity contribution in [3.63, 3.8) is 0 Å². The van der Waals surface area contributed by atoms with Crippen LogP contribution in [0.15, 0.2) is 302 Å². The minimum atomic E-state index is -2.03. The lowest BCUT2D eigenvalue weighted by Crippen LogP contribution is -2.35. The number of ether oxygens (including phenoxy) is 10. The van der Waals surface area contributed by atoms with Gasteiger partial charge in [-0.1, -0.05) is 255 Å². The summed E-state index contributed by atoms with van der Waals surface area (Å²) in [4.78, 5) is 33.0. The molecule has 12 rings (SSSR count). The third-order valence-corrected chi connectivity index (χ3v) is 16.8. The van der Waals surface area contributed by atoms with E-state index in [-0.39, 0.29) is 132 Å². The molecule has 12 aromatic carbocycles. The van der Waals surface area contributed by atoms with Gasteiger partial charge in [0.1, 0.15) is 86.4 Å². The summed E-state index contributed by atoms with van der Waals surface area (Å²) in [6.07, 6.45) is -3.77. The number of halogens is 1. The van der Waals surface area contributed by atoms with Crippen molar-refractivity contribution in [2.75, 3.05) is 0 Å². The Hall–Kier alpha value is -11.8. The van der Waals surface area contributed by atoms with Crippen LogP contribution in [0.5, 0.6) is 57.5 Å². The first-order chi connectivity index (χ1) is 49.1. The predicted molar refractivity (Wildman–Crippen MR) is 384 cm³/mol. The van der Waals surface area contributed by atoms with Gasteiger partial charge in [-0.3, -0.25) is 4.79 Å². The van der Waals surface area contributed by atoms with Crippen LogP contribution in [-0.4, -0.2) is 28.1 Å². The number of phenols is 2. The molecule has 0 aromatic heterocycles. The Balaban J connectivity index is 1.05. The Morgan fingerprint density at radius 1 is 0.310 bits per heavy atom. The second kappa shape index (κ2) is 34.4. The van der Waals surface area contributed by atoms with Crippen molar-refractivity contribution < 1.29 is 67.2 Å². The Morgan fingerprint density at radius 2 is 0.590 bits per heavy atom. The number of carbonyl (C=O) groups excluding carboxylic acids is 2. The van der Waals surface area contributed by atoms with E-state index in [1.54, 1.807) is 12.1 Å². The zero-order chi connectivity index (χ0) is 68.7. The Morgan fingerprint density at radius 3 is 0.930 bits per heavy atom. The van der Waals surface area contributed by atoms with Gasteiger partial charge in [-0.2, -0.15) is 0 Å². The number of hydrogen-bond donors (Lipinski definition) is 2. The summed E-state index contributed by atoms with van der Waals surface area (Å²) < 4.78 is 67.6. The molecule has 0 aliphatic heterocycles. The SMILES string of the molecule is O=C(O[C@@H](C(=O)c1cc(OCc2ccccc2)c(OCc2ccccc2)c(OCc2ccccc2)c1)C(OCc1ccccc1)c1c(O)cc(OCc2ccccc2)c(Br)c1OCc1ccc(O)cc1)c1cc(OCc2ccccc2)c(OCc2ccccc2)c(OCc2ccccc2)c1. The first-order valence-corrected chi connectivity index (χ1v) is 33.3. The molecule has 0 amide bonds. The number of carbonyl (C=O) groups is 2. The highest BCUT2D eigenvalue weighted by molar-refractivity contribution is 9.10. The smallest absolute Gasteiger partial charge is 0.339 e. The van der Waals surface area contributed by atoms with Crippen molar-refractivity contribution in [3.8, 4) is 57.5 Å². The molecule has 0 aliphatic carbocycles. The fourth-order valence-corrected chi connectivity index (χ4v) is 11.4. The first-order valence-electron chi connectivity index (χ1n) is 32.5. The van der Waals surface area contributed by atoms with Gasteiger partial charge in [0.15, 0.2) is 29.1 Å². The van der Waals surface area contributed by atoms with Gasteiger partial charge >= 0.3 is 5.97 Å². The Kier molecular flexibility index (Phi) is 23.5. The molecule has 12 aromatic rings. The molecule has 0 fully saturated rings. The average molecular weight is 1400 g/mol. The molecule has 14 nitrogen and oxygen atoms in total. The van der Waals surface area contributed by atoms with Crippen molar-refractivity contribution in [2.24, 2.45) is 0 Å². The number of esters is 1. The fraction of sp³-hybridized carbons (Fsp3) is 0.129. The normalized spacial score (nSPS) is 11.5. The van der Waals surface area contributed by atoms with Crippen molar-refractivity contribution in [3.05, 3.63) is 368 Å². The molecular formula is C85H71BrO14. The molecule has 0 heterocycles. The molecule has 100 heavy (non-hydrogen) atoms. The zero-order valence-electron chi connectivity index (χ0n) is 54.5. The van der Waals surface area contributed by atoms with Crippen molar-refractivity contribution in [2.45, 2.75) is 71.7 Å². The topological polar surface area (TPSA) is 167 Å². The summed E-state index contributed by atoms with van der Waals surface area (Å²) in [5.41, 5.74) is 6.81. The summed E-state index contributed by atoms with van der Waals surface area (Å²) in [5, 5.41) is 23.3. The molecular weight excluding hydrogens is 1320 g/mol. The number of phenolic OH excluding ortho intramolecular Hbond substituents is 2. The number of Topliss-reactive ketones (excluding diaryl/α,β-unsaturated/α-hetero) is 1. The van der Waals surface area contributed by atoms with E-state index in [1.807, 2.05) is 243 Å². The van der Waals surface area contributed by atoms with Gasteiger partial charge < -0.3 is 57.6 Å². The molecule has 0 radical (unpaired) electrons. The molecule has 0 aliphatic rings. The number of aromatic hydroxyl groups is 2. The maximum Gasteiger partial charge on any atom is 0.339 e. The standard InChI is InChI=1S/C85H71BrO14/c86-78-72(91-50-59-25-9-1-10-26-59)49-71(88)77(82(78)98-58-67-41-43-70(87)44-42-67)83(99-57-66-39-23-8-24-40-66)84(79(89)68-45-73(92-51-60-27-11-2-12-28-60)80(96-55-64-35-19-6-20-36-64)74(46-68)93-52-61-29-13-3-14-30-61)100-85(90)69-47-75(94-53-62-31-15-4-16-32-62)81(97-56-65-37-21-7-22-38-65)76(48-69)95-54-63-33-17-5-18-34-63/h1-49,83-84,87-88H,50-58H2/t83?,84-/m0/s1. The molecule has 2 N–H and O–H groups in total. The van der Waals surface area contributed by atoms with E-state index in [9.17, 15) is 10.2 Å². The van der Waals surface area contributed by atoms with Crippen LogP contribution in [-0.2, 0) is 68.9 Å². The van der Waals surface area contributed by atoms with E-state index in [4.69, 9.17) is 47.4 Å². The lowest BCUT2D eigenvalue weighted by Gasteiger charge is -2.30. The van der Waals surface area contributed by atoms with Crippen LogP contribution >= 0.6 is 15.9 Å². The maximum absolute atomic E-state index is 16.9. The van der Waals surface area contributed by atoms with Crippen molar-refractivity contribution in [1.82, 2.24) is 0 Å². The van der Waals surface area contributed by atoms with Crippen LogP contribution in [0.2, 0.25) is 0 Å². The highest BCUT2D eigenvalue weighted by Crippen LogP contribution is 2.50. The van der Waals surface area contributed by atoms with Gasteiger partial charge in [-0.25, -0.2) is 4.79 Å². The number of hydrogen-bond acceptors (Lipinski definition) is 14. The Labute approximate surface area is 589 Å². The van der Waals surface area contributed by atoms with Gasteiger partial charge in [0.2, 0.25) is 17.3 Å². The van der Waals surface area contributed by atoms with E-state index in [0.717, 1.165) is 38.9 Å². The molecule has 0 bridgehead atoms. The van der Waals surface area contributed by atoms with Crippen LogP contribution < -0.4 is 37.9 Å². The highest BCUT2D eigenvalue weighted by Gasteiger charge is 2.41. The average Bonchev–Trinajstić information content (AvgIpc) is 0.769. The lowest BCUT2D eigenvalue weighted by molar-refractivity contribution is -0.0515. The predicted octanol–water partition coefficient (Wildman–Crippen LogP) is 18.9. The number of benzene rings is 12. The van der Waals surface area contributed by atoms with Crippen LogP contribution in [0.25, 0.3) is 0 Å². The van der Waals surface area contributed by atoms with E-state index in [2.05, 4.69) is 15.9 Å². The minimum absolute atomic E-state index is 0.0282. The van der Waals surface area contributed by atoms with E-state index in [0.29, 0.717) is 11.1 Å². The fourth-order valence-electron chi connectivity index (χ4n) is 10.8. The monoisotopic (exact) mass is 1390 g/mol. The van der Waals surface area contributed by atoms with Gasteiger partial charge in [0.05, 0.1) is 17.7 Å². The summed E-state index contributed by atoms with van der Waals surface area (Å²) in [5.74, 6) is -1.26. The van der Waals surface area contributed by atoms with E-state index in [1.165, 1.54) is 42.5 Å². The number of rotatable bonds is 33. The number of ketones is 1. The molecule has 1 unspecified atom stereocenters. The van der Waals surface area contributed by atoms with E-state index < -0.39 is 29.7 Å². The van der Waals surface area contributed by atoms with Gasteiger partial charge in [-0.15, -0.1) is 0 Å². The maximum atomic E-state index is 16.9. The summed E-state index contributed by atoms with van der Waals surface area (Å²) in [6, 6.07) is 89.9. The van der Waals surface area contributed by atoms with E-state index >= 15 is 9.59 Å². The zero-order valence-corrected chi connectivity index (χ0v) is 56.1. The van der Waals surface area contributed by atoms with Gasteiger partial charge in [0.25, 0.3) is 0 Å². The molecule has 2 atom stereocenters. The van der Waals surface area contributed by atoms with Crippen LogP contribution in [0.4, 0.5) is 0 Å². The summed E-state index contributed by atoms with van der Waals surface area (Å²) in [6.45, 7) is 0.117. The summed E-state index contributed by atoms with van der Waals surface area (Å²) in [7, 11) is 0. The van der Waals surface area contributed by atoms with Crippen molar-refractivity contribution in [1.29, 1.82) is 0 Å². The second-order valence-electron chi connectivity index (χ2n) is 23.3. The van der Waals surface area contributed by atoms with Crippen LogP contribution in [0.1, 0.15) is 82.5 Å². The highest BCUT2D eigenvalue weighted by atomic mass is 79.9. The summed E-state index contributed by atoms with van der Waals surface area (Å²) >= 11 is 3.82. The van der Waals surface area contributed by atoms with Crippen molar-refractivity contribution >= 4 is 27.7 Å². The largest absolute Gasteiger partial charge is 0.508 e. The molecule has 0 saturated carbocycles. The third kappa shape index (κ3) is 18.7. The molecule has 502 valence electrons. The van der Waals surface area contributed by atoms with Gasteiger partial charge in [-0.05, 0) is 102 Å². The Bertz CT molecular complexity index is 4450. The molecule has 0 saturated heterocycles. The van der Waals surface area contributed by atoms with Gasteiger partial charge in [0, 0.05) is 11.6 Å². The van der Waals surface area contributed by atoms with Crippen LogP contribution in [0, 0.1) is 0 Å². The quantitative estimate of drug-likeness (QED) is 0.0295. The van der Waals surface area contributed by atoms with Crippen LogP contribution in [0.3, 0.4) is 0 Å². The molecule has 15 heteroatoms.